The highest BCUT2D eigenvalue weighted by Gasteiger charge is 2.30. The highest BCUT2D eigenvalue weighted by molar-refractivity contribution is 4.71. The lowest BCUT2D eigenvalue weighted by atomic mass is 10.1. The Kier molecular flexibility index (Phi) is 6.83. The lowest BCUT2D eigenvalue weighted by Crippen LogP contribution is -2.60. The Morgan fingerprint density at radius 1 is 1.12 bits per heavy atom. The van der Waals surface area contributed by atoms with E-state index in [9.17, 15) is 0 Å². The third-order valence-corrected chi connectivity index (χ3v) is 4.11. The van der Waals surface area contributed by atoms with Gasteiger partial charge in [0.15, 0.2) is 0 Å². The number of quaternary nitrogens is 1. The summed E-state index contributed by atoms with van der Waals surface area (Å²) in [6.45, 7) is 17.6. The van der Waals surface area contributed by atoms with Crippen LogP contribution in [0.1, 0.15) is 39.5 Å². The standard InChI is InChI=1S/C15H31N2/c1-4-7-9-16-10-14-17(12-6-3,15-11-16)13-8-5-2/h6H,3-5,7-15H2,1-2H3/q+1. The minimum Gasteiger partial charge on any atom is -0.318 e. The van der Waals surface area contributed by atoms with Crippen LogP contribution in [0.4, 0.5) is 0 Å². The van der Waals surface area contributed by atoms with Crippen molar-refractivity contribution < 1.29 is 4.48 Å². The molecule has 0 saturated carbocycles. The van der Waals surface area contributed by atoms with E-state index in [2.05, 4.69) is 31.4 Å². The molecule has 17 heavy (non-hydrogen) atoms. The van der Waals surface area contributed by atoms with Gasteiger partial charge in [0.2, 0.25) is 0 Å². The van der Waals surface area contributed by atoms with Gasteiger partial charge >= 0.3 is 0 Å². The number of hydrogen-bond acceptors (Lipinski definition) is 1. The first kappa shape index (κ1) is 14.7. The van der Waals surface area contributed by atoms with E-state index in [1.54, 1.807) is 0 Å². The van der Waals surface area contributed by atoms with E-state index in [0.29, 0.717) is 0 Å². The summed E-state index contributed by atoms with van der Waals surface area (Å²) < 4.78 is 1.29. The maximum absolute atomic E-state index is 3.95. The number of hydrogen-bond donors (Lipinski definition) is 0. The highest BCUT2D eigenvalue weighted by atomic mass is 15.4. The SMILES string of the molecule is C=CC[N+]1(CCCC)CCN(CCCC)CC1. The maximum atomic E-state index is 3.95. The molecule has 1 fully saturated rings. The Labute approximate surface area is 108 Å². The predicted molar refractivity (Wildman–Crippen MR) is 76.2 cm³/mol. The molecular formula is C15H31N2+. The number of rotatable bonds is 8. The molecule has 0 bridgehead atoms. The zero-order chi connectivity index (χ0) is 12.6. The van der Waals surface area contributed by atoms with Crippen molar-refractivity contribution in [1.82, 2.24) is 4.90 Å². The van der Waals surface area contributed by atoms with E-state index >= 15 is 0 Å². The van der Waals surface area contributed by atoms with Crippen LogP contribution in [0, 0.1) is 0 Å². The number of piperazine rings is 1. The predicted octanol–water partition coefficient (Wildman–Crippen LogP) is 2.91. The summed E-state index contributed by atoms with van der Waals surface area (Å²) in [4.78, 5) is 2.65. The molecule has 0 aromatic carbocycles. The third-order valence-electron chi connectivity index (χ3n) is 4.11. The maximum Gasteiger partial charge on any atom is 0.0971 e. The monoisotopic (exact) mass is 239 g/mol. The largest absolute Gasteiger partial charge is 0.318 e. The zero-order valence-electron chi connectivity index (χ0n) is 12.0. The van der Waals surface area contributed by atoms with Crippen LogP contribution in [-0.2, 0) is 0 Å². The van der Waals surface area contributed by atoms with E-state index in [0.717, 1.165) is 0 Å². The molecular weight excluding hydrogens is 208 g/mol. The fourth-order valence-electron chi connectivity index (χ4n) is 2.80. The van der Waals surface area contributed by atoms with Gasteiger partial charge in [-0.1, -0.05) is 33.3 Å². The van der Waals surface area contributed by atoms with E-state index < -0.39 is 0 Å². The molecule has 100 valence electrons. The molecule has 0 aromatic rings. The minimum absolute atomic E-state index is 1.17. The van der Waals surface area contributed by atoms with Gasteiger partial charge in [-0.05, 0) is 25.5 Å². The normalized spacial score (nSPS) is 20.4. The summed E-state index contributed by atoms with van der Waals surface area (Å²) >= 11 is 0. The van der Waals surface area contributed by atoms with Crippen molar-refractivity contribution in [2.45, 2.75) is 39.5 Å². The van der Waals surface area contributed by atoms with Crippen LogP contribution in [0.25, 0.3) is 0 Å². The molecule has 1 saturated heterocycles. The Hall–Kier alpha value is -0.340. The first-order chi connectivity index (χ1) is 8.26. The van der Waals surface area contributed by atoms with Crippen molar-refractivity contribution in [1.29, 1.82) is 0 Å². The van der Waals surface area contributed by atoms with Crippen LogP contribution >= 0.6 is 0 Å². The van der Waals surface area contributed by atoms with Crippen LogP contribution in [0.15, 0.2) is 12.7 Å². The average molecular weight is 239 g/mol. The van der Waals surface area contributed by atoms with Crippen LogP contribution in [0.3, 0.4) is 0 Å². The van der Waals surface area contributed by atoms with Crippen molar-refractivity contribution in [3.8, 4) is 0 Å². The molecule has 1 aliphatic heterocycles. The second kappa shape index (κ2) is 7.88. The average Bonchev–Trinajstić information content (AvgIpc) is 2.36. The van der Waals surface area contributed by atoms with E-state index in [1.807, 2.05) is 0 Å². The molecule has 1 rings (SSSR count). The molecule has 0 aromatic heterocycles. The molecule has 0 N–H and O–H groups in total. The number of nitrogens with zero attached hydrogens (tertiary/aromatic N) is 2. The van der Waals surface area contributed by atoms with Gasteiger partial charge in [0.1, 0.15) is 0 Å². The Balaban J connectivity index is 2.39. The van der Waals surface area contributed by atoms with Crippen LogP contribution in [0.5, 0.6) is 0 Å². The van der Waals surface area contributed by atoms with Crippen molar-refractivity contribution in [2.24, 2.45) is 0 Å². The van der Waals surface area contributed by atoms with Gasteiger partial charge in [0, 0.05) is 13.1 Å². The van der Waals surface area contributed by atoms with Gasteiger partial charge in [-0.2, -0.15) is 0 Å². The Morgan fingerprint density at radius 2 is 1.76 bits per heavy atom. The molecule has 0 aliphatic carbocycles. The first-order valence-electron chi connectivity index (χ1n) is 7.44. The van der Waals surface area contributed by atoms with Gasteiger partial charge in [-0.25, -0.2) is 0 Å². The lowest BCUT2D eigenvalue weighted by Gasteiger charge is -2.44. The molecule has 2 nitrogen and oxygen atoms in total. The molecule has 1 aliphatic rings. The fourth-order valence-corrected chi connectivity index (χ4v) is 2.80. The van der Waals surface area contributed by atoms with Gasteiger partial charge in [-0.15, -0.1) is 0 Å². The molecule has 1 heterocycles. The molecule has 0 unspecified atom stereocenters. The molecule has 0 spiro atoms. The van der Waals surface area contributed by atoms with E-state index in [4.69, 9.17) is 0 Å². The summed E-state index contributed by atoms with van der Waals surface area (Å²) in [5.74, 6) is 0. The van der Waals surface area contributed by atoms with Crippen molar-refractivity contribution >= 4 is 0 Å². The Bertz CT molecular complexity index is 205. The third kappa shape index (κ3) is 4.81. The van der Waals surface area contributed by atoms with Gasteiger partial charge in [-0.3, -0.25) is 4.90 Å². The fraction of sp³-hybridized carbons (Fsp3) is 0.867. The van der Waals surface area contributed by atoms with E-state index in [-0.39, 0.29) is 0 Å². The van der Waals surface area contributed by atoms with Gasteiger partial charge < -0.3 is 4.48 Å². The Morgan fingerprint density at radius 3 is 2.29 bits per heavy atom. The summed E-state index contributed by atoms with van der Waals surface area (Å²) in [7, 11) is 0. The lowest BCUT2D eigenvalue weighted by molar-refractivity contribution is -0.927. The summed E-state index contributed by atoms with van der Waals surface area (Å²) in [6.07, 6.45) is 7.48. The molecule has 0 amide bonds. The second-order valence-corrected chi connectivity index (χ2v) is 5.53. The summed E-state index contributed by atoms with van der Waals surface area (Å²) in [5, 5.41) is 0. The van der Waals surface area contributed by atoms with E-state index in [1.165, 1.54) is 76.0 Å². The van der Waals surface area contributed by atoms with Crippen LogP contribution < -0.4 is 0 Å². The summed E-state index contributed by atoms with van der Waals surface area (Å²) in [5.41, 5.74) is 0. The quantitative estimate of drug-likeness (QED) is 0.465. The topological polar surface area (TPSA) is 3.24 Å². The smallest absolute Gasteiger partial charge is 0.0971 e. The zero-order valence-corrected chi connectivity index (χ0v) is 12.0. The highest BCUT2D eigenvalue weighted by Crippen LogP contribution is 2.15. The molecule has 2 heteroatoms. The van der Waals surface area contributed by atoms with Gasteiger partial charge in [0.05, 0.1) is 26.2 Å². The molecule has 0 atom stereocenters. The van der Waals surface area contributed by atoms with Crippen molar-refractivity contribution in [3.05, 3.63) is 12.7 Å². The minimum atomic E-state index is 1.17. The van der Waals surface area contributed by atoms with Crippen LogP contribution in [0.2, 0.25) is 0 Å². The van der Waals surface area contributed by atoms with Gasteiger partial charge in [0.25, 0.3) is 0 Å². The summed E-state index contributed by atoms with van der Waals surface area (Å²) in [6, 6.07) is 0. The molecule has 0 radical (unpaired) electrons. The van der Waals surface area contributed by atoms with Crippen molar-refractivity contribution in [2.75, 3.05) is 45.8 Å². The second-order valence-electron chi connectivity index (χ2n) is 5.53. The number of unbranched alkanes of at least 4 members (excludes halogenated alkanes) is 2. The van der Waals surface area contributed by atoms with Crippen LogP contribution in [-0.4, -0.2) is 55.2 Å². The van der Waals surface area contributed by atoms with Crippen molar-refractivity contribution in [3.63, 3.8) is 0 Å². The first-order valence-corrected chi connectivity index (χ1v) is 7.44.